The molecule has 0 saturated heterocycles. The first kappa shape index (κ1) is 21.4. The zero-order valence-electron chi connectivity index (χ0n) is 17.1. The van der Waals surface area contributed by atoms with E-state index in [1.807, 2.05) is 38.1 Å². The summed E-state index contributed by atoms with van der Waals surface area (Å²) in [5, 5.41) is 2.74. The lowest BCUT2D eigenvalue weighted by Crippen LogP contribution is -2.16. The van der Waals surface area contributed by atoms with E-state index in [-0.39, 0.29) is 16.5 Å². The molecule has 1 amide bonds. The highest BCUT2D eigenvalue weighted by Gasteiger charge is 2.19. The lowest BCUT2D eigenvalue weighted by Gasteiger charge is -2.15. The van der Waals surface area contributed by atoms with Crippen LogP contribution < -0.4 is 14.8 Å². The lowest BCUT2D eigenvalue weighted by molar-refractivity contribution is 0.102. The van der Waals surface area contributed by atoms with Crippen molar-refractivity contribution >= 4 is 27.3 Å². The molecule has 0 atom stereocenters. The van der Waals surface area contributed by atoms with Crippen LogP contribution in [0.25, 0.3) is 0 Å². The molecule has 0 saturated carbocycles. The first-order valence-electron chi connectivity index (χ1n) is 9.51. The number of hydrogen-bond acceptors (Lipinski definition) is 4. The van der Waals surface area contributed by atoms with Crippen molar-refractivity contribution < 1.29 is 17.9 Å². The van der Waals surface area contributed by atoms with Gasteiger partial charge in [-0.05, 0) is 55.3 Å². The van der Waals surface area contributed by atoms with Gasteiger partial charge in [0.2, 0.25) is 0 Å². The molecule has 2 N–H and O–H groups in total. The van der Waals surface area contributed by atoms with E-state index in [0.29, 0.717) is 23.4 Å². The molecule has 0 aliphatic rings. The maximum Gasteiger partial charge on any atom is 0.261 e. The van der Waals surface area contributed by atoms with E-state index in [1.165, 1.54) is 25.3 Å². The summed E-state index contributed by atoms with van der Waals surface area (Å²) in [6.45, 7) is 3.89. The Morgan fingerprint density at radius 1 is 0.967 bits per heavy atom. The zero-order valence-corrected chi connectivity index (χ0v) is 17.9. The number of ether oxygens (including phenoxy) is 1. The number of anilines is 2. The Bertz CT molecular complexity index is 1160. The number of carbonyl (C=O) groups excluding carboxylic acids is 1. The van der Waals surface area contributed by atoms with Crippen molar-refractivity contribution in [2.75, 3.05) is 17.1 Å². The van der Waals surface area contributed by atoms with Gasteiger partial charge in [-0.3, -0.25) is 9.52 Å². The van der Waals surface area contributed by atoms with E-state index in [4.69, 9.17) is 4.74 Å². The number of rotatable bonds is 7. The summed E-state index contributed by atoms with van der Waals surface area (Å²) < 4.78 is 33.8. The third-order valence-corrected chi connectivity index (χ3v) is 6.05. The van der Waals surface area contributed by atoms with Crippen molar-refractivity contribution in [1.82, 2.24) is 0 Å². The Morgan fingerprint density at radius 3 is 2.33 bits per heavy atom. The van der Waals surface area contributed by atoms with Gasteiger partial charge in [0.1, 0.15) is 5.75 Å². The van der Waals surface area contributed by atoms with Crippen molar-refractivity contribution in [3.05, 3.63) is 83.4 Å². The van der Waals surface area contributed by atoms with Crippen molar-refractivity contribution in [2.24, 2.45) is 0 Å². The number of amides is 1. The fourth-order valence-corrected chi connectivity index (χ4v) is 4.11. The maximum absolute atomic E-state index is 13.0. The van der Waals surface area contributed by atoms with Crippen LogP contribution in [0.15, 0.2) is 71.6 Å². The minimum absolute atomic E-state index is 0.0217. The van der Waals surface area contributed by atoms with Crippen LogP contribution in [0, 0.1) is 6.92 Å². The Kier molecular flexibility index (Phi) is 6.42. The number of methoxy groups -OCH3 is 1. The normalized spacial score (nSPS) is 11.0. The van der Waals surface area contributed by atoms with Crippen LogP contribution in [-0.2, 0) is 16.4 Å². The van der Waals surface area contributed by atoms with Gasteiger partial charge in [0, 0.05) is 5.56 Å². The van der Waals surface area contributed by atoms with E-state index in [2.05, 4.69) is 10.0 Å². The van der Waals surface area contributed by atoms with Gasteiger partial charge in [-0.15, -0.1) is 0 Å². The van der Waals surface area contributed by atoms with Gasteiger partial charge in [-0.25, -0.2) is 8.42 Å². The number of nitrogens with one attached hydrogen (secondary N) is 2. The van der Waals surface area contributed by atoms with Crippen molar-refractivity contribution in [3.8, 4) is 5.75 Å². The predicted molar refractivity (Wildman–Crippen MR) is 119 cm³/mol. The number of para-hydroxylation sites is 1. The molecule has 6 nitrogen and oxygen atoms in total. The van der Waals surface area contributed by atoms with Crippen LogP contribution in [-0.4, -0.2) is 21.4 Å². The topological polar surface area (TPSA) is 84.5 Å². The summed E-state index contributed by atoms with van der Waals surface area (Å²) in [4.78, 5) is 12.6. The second-order valence-corrected chi connectivity index (χ2v) is 8.48. The lowest BCUT2D eigenvalue weighted by atomic mass is 10.1. The molecule has 0 aliphatic carbocycles. The van der Waals surface area contributed by atoms with Crippen molar-refractivity contribution in [2.45, 2.75) is 25.2 Å². The Hall–Kier alpha value is -3.32. The second-order valence-electron chi connectivity index (χ2n) is 6.80. The van der Waals surface area contributed by atoms with Gasteiger partial charge < -0.3 is 10.1 Å². The summed E-state index contributed by atoms with van der Waals surface area (Å²) >= 11 is 0. The maximum atomic E-state index is 13.0. The highest BCUT2D eigenvalue weighted by Crippen LogP contribution is 2.29. The summed E-state index contributed by atoms with van der Waals surface area (Å²) in [6, 6.07) is 18.7. The summed E-state index contributed by atoms with van der Waals surface area (Å²) in [5.41, 5.74) is 3.19. The average Bonchev–Trinajstić information content (AvgIpc) is 2.74. The molecule has 7 heteroatoms. The standard InChI is InChI=1S/C23H24N2O4S/c1-4-17-7-5-6-8-20(17)25-30(27,28)19-13-14-22(29-3)21(15-19)24-23(26)18-11-9-16(2)10-12-18/h5-15,25H,4H2,1-3H3,(H,24,26). The number of carbonyl (C=O) groups is 1. The average molecular weight is 425 g/mol. The van der Waals surface area contributed by atoms with Gasteiger partial charge in [-0.2, -0.15) is 0 Å². The zero-order chi connectivity index (χ0) is 21.7. The van der Waals surface area contributed by atoms with E-state index in [1.54, 1.807) is 24.3 Å². The van der Waals surface area contributed by atoms with Gasteiger partial charge in [-0.1, -0.05) is 42.8 Å². The van der Waals surface area contributed by atoms with Crippen LogP contribution >= 0.6 is 0 Å². The number of hydrogen-bond donors (Lipinski definition) is 2. The SMILES string of the molecule is CCc1ccccc1NS(=O)(=O)c1ccc(OC)c(NC(=O)c2ccc(C)cc2)c1. The smallest absolute Gasteiger partial charge is 0.261 e. The van der Waals surface area contributed by atoms with Crippen LogP contribution in [0.3, 0.4) is 0 Å². The van der Waals surface area contributed by atoms with E-state index in [9.17, 15) is 13.2 Å². The molecule has 30 heavy (non-hydrogen) atoms. The molecule has 3 aromatic carbocycles. The summed E-state index contributed by atoms with van der Waals surface area (Å²) in [5.74, 6) is 0.00973. The number of sulfonamides is 1. The highest BCUT2D eigenvalue weighted by atomic mass is 32.2. The fourth-order valence-electron chi connectivity index (χ4n) is 2.98. The van der Waals surface area contributed by atoms with E-state index < -0.39 is 10.0 Å². The van der Waals surface area contributed by atoms with Crippen LogP contribution in [0.2, 0.25) is 0 Å². The first-order valence-corrected chi connectivity index (χ1v) is 11.0. The van der Waals surface area contributed by atoms with E-state index >= 15 is 0 Å². The van der Waals surface area contributed by atoms with Crippen molar-refractivity contribution in [1.29, 1.82) is 0 Å². The number of aryl methyl sites for hydroxylation is 2. The molecular weight excluding hydrogens is 400 g/mol. The first-order chi connectivity index (χ1) is 14.3. The van der Waals surface area contributed by atoms with Crippen LogP contribution in [0.5, 0.6) is 5.75 Å². The molecule has 0 fully saturated rings. The molecule has 0 radical (unpaired) electrons. The monoisotopic (exact) mass is 424 g/mol. The van der Waals surface area contributed by atoms with Gasteiger partial charge in [0.15, 0.2) is 0 Å². The second kappa shape index (κ2) is 9.00. The molecule has 0 unspecified atom stereocenters. The highest BCUT2D eigenvalue weighted by molar-refractivity contribution is 7.92. The Morgan fingerprint density at radius 2 is 1.67 bits per heavy atom. The molecule has 0 spiro atoms. The fraction of sp³-hybridized carbons (Fsp3) is 0.174. The molecule has 3 aromatic rings. The third kappa shape index (κ3) is 4.80. The Balaban J connectivity index is 1.91. The molecule has 0 aromatic heterocycles. The van der Waals surface area contributed by atoms with Crippen molar-refractivity contribution in [3.63, 3.8) is 0 Å². The third-order valence-electron chi connectivity index (χ3n) is 4.69. The molecular formula is C23H24N2O4S. The van der Waals surface area contributed by atoms with Gasteiger partial charge in [0.05, 0.1) is 23.4 Å². The van der Waals surface area contributed by atoms with E-state index in [0.717, 1.165) is 11.1 Å². The number of benzene rings is 3. The summed E-state index contributed by atoms with van der Waals surface area (Å²) in [6.07, 6.45) is 0.694. The van der Waals surface area contributed by atoms with Crippen LogP contribution in [0.4, 0.5) is 11.4 Å². The quantitative estimate of drug-likeness (QED) is 0.580. The van der Waals surface area contributed by atoms with Gasteiger partial charge >= 0.3 is 0 Å². The van der Waals surface area contributed by atoms with Crippen LogP contribution in [0.1, 0.15) is 28.4 Å². The molecule has 0 heterocycles. The molecule has 0 bridgehead atoms. The Labute approximate surface area is 177 Å². The largest absolute Gasteiger partial charge is 0.495 e. The van der Waals surface area contributed by atoms with Gasteiger partial charge in [0.25, 0.3) is 15.9 Å². The molecule has 0 aliphatic heterocycles. The predicted octanol–water partition coefficient (Wildman–Crippen LogP) is 4.62. The minimum Gasteiger partial charge on any atom is -0.495 e. The molecule has 3 rings (SSSR count). The minimum atomic E-state index is -3.86. The molecule has 156 valence electrons. The summed E-state index contributed by atoms with van der Waals surface area (Å²) in [7, 11) is -2.40.